The van der Waals surface area contributed by atoms with Gasteiger partial charge in [0.2, 0.25) is 0 Å². The Hall–Kier alpha value is -0.730. The number of nitrogens with zero attached hydrogens (tertiary/aromatic N) is 1. The van der Waals surface area contributed by atoms with E-state index in [-0.39, 0.29) is 0 Å². The molecule has 2 nitrogen and oxygen atoms in total. The summed E-state index contributed by atoms with van der Waals surface area (Å²) in [6.07, 6.45) is 0. The predicted octanol–water partition coefficient (Wildman–Crippen LogP) is 3.13. The second kappa shape index (κ2) is 5.55. The van der Waals surface area contributed by atoms with Gasteiger partial charge in [-0.25, -0.2) is 0 Å². The summed E-state index contributed by atoms with van der Waals surface area (Å²) >= 11 is 6.33. The Kier molecular flexibility index (Phi) is 4.63. The van der Waals surface area contributed by atoms with Crippen LogP contribution in [0.3, 0.4) is 0 Å². The van der Waals surface area contributed by atoms with Gasteiger partial charge in [-0.2, -0.15) is 0 Å². The third-order valence-corrected chi connectivity index (χ3v) is 3.19. The number of anilines is 1. The van der Waals surface area contributed by atoms with E-state index in [1.165, 1.54) is 11.1 Å². The second-order valence-electron chi connectivity index (χ2n) is 4.28. The van der Waals surface area contributed by atoms with Crippen LogP contribution in [0.4, 0.5) is 5.69 Å². The van der Waals surface area contributed by atoms with Gasteiger partial charge in [-0.1, -0.05) is 17.7 Å². The Morgan fingerprint density at radius 2 is 2.00 bits per heavy atom. The molecular weight excluding hydrogens is 220 g/mol. The maximum absolute atomic E-state index is 6.33. The Bertz CT molecular complexity index is 340. The number of aryl methyl sites for hydroxylation is 2. The SMILES string of the molecule is CCN(c1c(C)cc(C)cc1Cl)C(C)CN. The molecule has 1 unspecified atom stereocenters. The van der Waals surface area contributed by atoms with Crippen LogP contribution in [0.5, 0.6) is 0 Å². The molecule has 0 bridgehead atoms. The first-order valence-corrected chi connectivity index (χ1v) is 6.12. The first-order valence-electron chi connectivity index (χ1n) is 5.74. The first-order chi connectivity index (χ1) is 7.51. The van der Waals surface area contributed by atoms with E-state index in [1.807, 2.05) is 6.07 Å². The Labute approximate surface area is 103 Å². The maximum atomic E-state index is 6.33. The monoisotopic (exact) mass is 240 g/mol. The molecule has 1 atom stereocenters. The fourth-order valence-corrected chi connectivity index (χ4v) is 2.52. The van der Waals surface area contributed by atoms with Crippen LogP contribution >= 0.6 is 11.6 Å². The van der Waals surface area contributed by atoms with Crippen molar-refractivity contribution in [3.63, 3.8) is 0 Å². The van der Waals surface area contributed by atoms with Crippen molar-refractivity contribution in [1.29, 1.82) is 0 Å². The second-order valence-corrected chi connectivity index (χ2v) is 4.69. The lowest BCUT2D eigenvalue weighted by molar-refractivity contribution is 0.656. The van der Waals surface area contributed by atoms with Gasteiger partial charge in [0, 0.05) is 19.1 Å². The number of hydrogen-bond acceptors (Lipinski definition) is 2. The van der Waals surface area contributed by atoms with E-state index in [0.29, 0.717) is 12.6 Å². The van der Waals surface area contributed by atoms with Gasteiger partial charge in [-0.05, 0) is 44.9 Å². The van der Waals surface area contributed by atoms with E-state index in [0.717, 1.165) is 17.3 Å². The molecule has 2 N–H and O–H groups in total. The number of halogens is 1. The highest BCUT2D eigenvalue weighted by Gasteiger charge is 2.16. The Morgan fingerprint density at radius 3 is 2.44 bits per heavy atom. The van der Waals surface area contributed by atoms with Crippen molar-refractivity contribution < 1.29 is 0 Å². The highest BCUT2D eigenvalue weighted by atomic mass is 35.5. The summed E-state index contributed by atoms with van der Waals surface area (Å²) in [7, 11) is 0. The largest absolute Gasteiger partial charge is 0.366 e. The molecule has 0 radical (unpaired) electrons. The topological polar surface area (TPSA) is 29.3 Å². The van der Waals surface area contributed by atoms with E-state index in [1.54, 1.807) is 0 Å². The summed E-state index contributed by atoms with van der Waals surface area (Å²) in [5, 5.41) is 0.819. The molecule has 0 aliphatic carbocycles. The molecule has 16 heavy (non-hydrogen) atoms. The van der Waals surface area contributed by atoms with Crippen LogP contribution in [0.2, 0.25) is 5.02 Å². The van der Waals surface area contributed by atoms with E-state index in [2.05, 4.69) is 38.7 Å². The van der Waals surface area contributed by atoms with Crippen LogP contribution in [0.25, 0.3) is 0 Å². The highest BCUT2D eigenvalue weighted by molar-refractivity contribution is 6.33. The first kappa shape index (κ1) is 13.3. The van der Waals surface area contributed by atoms with Crippen molar-refractivity contribution >= 4 is 17.3 Å². The van der Waals surface area contributed by atoms with Crippen molar-refractivity contribution in [2.75, 3.05) is 18.0 Å². The number of likely N-dealkylation sites (N-methyl/N-ethyl adjacent to an activating group) is 1. The molecule has 0 amide bonds. The zero-order chi connectivity index (χ0) is 12.3. The molecule has 0 spiro atoms. The van der Waals surface area contributed by atoms with E-state index in [9.17, 15) is 0 Å². The smallest absolute Gasteiger partial charge is 0.0645 e. The van der Waals surface area contributed by atoms with Gasteiger partial charge in [0.1, 0.15) is 0 Å². The fraction of sp³-hybridized carbons (Fsp3) is 0.538. The van der Waals surface area contributed by atoms with Gasteiger partial charge in [0.15, 0.2) is 0 Å². The van der Waals surface area contributed by atoms with Gasteiger partial charge in [0.05, 0.1) is 10.7 Å². The fourth-order valence-electron chi connectivity index (χ4n) is 2.09. The summed E-state index contributed by atoms with van der Waals surface area (Å²) in [5.74, 6) is 0. The molecular formula is C13H21ClN2. The van der Waals surface area contributed by atoms with Crippen molar-refractivity contribution in [2.24, 2.45) is 5.73 Å². The molecule has 1 aromatic carbocycles. The molecule has 1 rings (SSSR count). The summed E-state index contributed by atoms with van der Waals surface area (Å²) in [5.41, 5.74) is 9.26. The molecule has 3 heteroatoms. The van der Waals surface area contributed by atoms with E-state index >= 15 is 0 Å². The van der Waals surface area contributed by atoms with Crippen LogP contribution < -0.4 is 10.6 Å². The summed E-state index contributed by atoms with van der Waals surface area (Å²) in [6, 6.07) is 4.48. The number of nitrogens with two attached hydrogens (primary N) is 1. The Balaban J connectivity index is 3.19. The standard InChI is InChI=1S/C13H21ClN2/c1-5-16(11(4)8-15)13-10(3)6-9(2)7-12(13)14/h6-7,11H,5,8,15H2,1-4H3. The normalized spacial score (nSPS) is 12.6. The molecule has 1 aromatic rings. The number of rotatable bonds is 4. The van der Waals surface area contributed by atoms with E-state index < -0.39 is 0 Å². The third kappa shape index (κ3) is 2.69. The van der Waals surface area contributed by atoms with Gasteiger partial charge in [0.25, 0.3) is 0 Å². The van der Waals surface area contributed by atoms with Crippen LogP contribution in [0, 0.1) is 13.8 Å². The van der Waals surface area contributed by atoms with Gasteiger partial charge < -0.3 is 10.6 Å². The number of hydrogen-bond donors (Lipinski definition) is 1. The van der Waals surface area contributed by atoms with Crippen molar-refractivity contribution in [2.45, 2.75) is 33.7 Å². The predicted molar refractivity (Wildman–Crippen MR) is 72.5 cm³/mol. The Morgan fingerprint density at radius 1 is 1.38 bits per heavy atom. The van der Waals surface area contributed by atoms with Crippen LogP contribution in [-0.4, -0.2) is 19.1 Å². The van der Waals surface area contributed by atoms with Crippen LogP contribution in [0.1, 0.15) is 25.0 Å². The quantitative estimate of drug-likeness (QED) is 0.876. The van der Waals surface area contributed by atoms with Crippen LogP contribution in [-0.2, 0) is 0 Å². The van der Waals surface area contributed by atoms with E-state index in [4.69, 9.17) is 17.3 Å². The van der Waals surface area contributed by atoms with Gasteiger partial charge in [-0.3, -0.25) is 0 Å². The van der Waals surface area contributed by atoms with Crippen molar-refractivity contribution in [1.82, 2.24) is 0 Å². The van der Waals surface area contributed by atoms with Gasteiger partial charge in [-0.15, -0.1) is 0 Å². The van der Waals surface area contributed by atoms with Gasteiger partial charge >= 0.3 is 0 Å². The minimum Gasteiger partial charge on any atom is -0.366 e. The average molecular weight is 241 g/mol. The zero-order valence-electron chi connectivity index (χ0n) is 10.5. The third-order valence-electron chi connectivity index (χ3n) is 2.90. The molecule has 0 saturated carbocycles. The summed E-state index contributed by atoms with van der Waals surface area (Å²) < 4.78 is 0. The minimum atomic E-state index is 0.309. The summed E-state index contributed by atoms with van der Waals surface area (Å²) in [6.45, 7) is 9.96. The summed E-state index contributed by atoms with van der Waals surface area (Å²) in [4.78, 5) is 2.26. The molecule has 0 heterocycles. The van der Waals surface area contributed by atoms with Crippen molar-refractivity contribution in [3.05, 3.63) is 28.3 Å². The minimum absolute atomic E-state index is 0.309. The highest BCUT2D eigenvalue weighted by Crippen LogP contribution is 2.31. The molecule has 90 valence electrons. The lowest BCUT2D eigenvalue weighted by Gasteiger charge is -2.31. The number of benzene rings is 1. The zero-order valence-corrected chi connectivity index (χ0v) is 11.3. The molecule has 0 aliphatic rings. The van der Waals surface area contributed by atoms with Crippen LogP contribution in [0.15, 0.2) is 12.1 Å². The lowest BCUT2D eigenvalue weighted by atomic mass is 10.1. The average Bonchev–Trinajstić information content (AvgIpc) is 2.22. The molecule has 0 fully saturated rings. The lowest BCUT2D eigenvalue weighted by Crippen LogP contribution is -2.39. The molecule has 0 aliphatic heterocycles. The van der Waals surface area contributed by atoms with Crippen molar-refractivity contribution in [3.8, 4) is 0 Å². The molecule has 0 aromatic heterocycles. The maximum Gasteiger partial charge on any atom is 0.0645 e. The molecule has 0 saturated heterocycles.